The van der Waals surface area contributed by atoms with Crippen molar-refractivity contribution in [1.29, 1.82) is 0 Å². The summed E-state index contributed by atoms with van der Waals surface area (Å²) in [7, 11) is 0. The maximum Gasteiger partial charge on any atom is 0.430 e. The molecule has 0 heterocycles. The van der Waals surface area contributed by atoms with Gasteiger partial charge in [0, 0.05) is 12.1 Å². The average Bonchev–Trinajstić information content (AvgIpc) is 2.72. The number of hydrogen-bond donors (Lipinski definition) is 2. The Labute approximate surface area is 165 Å². The molecule has 0 aliphatic carbocycles. The minimum atomic E-state index is -5.21. The minimum absolute atomic E-state index is 0.146. The topological polar surface area (TPSA) is 58.6 Å². The lowest BCUT2D eigenvalue weighted by molar-refractivity contribution is -0.257. The minimum Gasteiger partial charge on any atom is -0.457 e. The van der Waals surface area contributed by atoms with E-state index in [-0.39, 0.29) is 12.3 Å². The van der Waals surface area contributed by atoms with Crippen LogP contribution in [0.1, 0.15) is 11.1 Å². The van der Waals surface area contributed by atoms with Crippen LogP contribution in [0, 0.1) is 0 Å². The standard InChI is InChI=1S/C22H18F3NO3/c23-22(24,25)21(28,20(27)26-15-16-7-3-1-4-8-16)17-11-13-19(14-12-17)29-18-9-5-2-6-10-18/h1-14,28H,15H2,(H,26,27)/t21-/m0/s1. The van der Waals surface area contributed by atoms with Gasteiger partial charge in [0.25, 0.3) is 11.5 Å². The van der Waals surface area contributed by atoms with Crippen LogP contribution in [0.15, 0.2) is 84.9 Å². The van der Waals surface area contributed by atoms with E-state index in [9.17, 15) is 23.1 Å². The molecule has 29 heavy (non-hydrogen) atoms. The van der Waals surface area contributed by atoms with Gasteiger partial charge in [0.05, 0.1) is 0 Å². The lowest BCUT2D eigenvalue weighted by Crippen LogP contribution is -2.54. The molecule has 0 spiro atoms. The second kappa shape index (κ2) is 8.36. The van der Waals surface area contributed by atoms with Crippen molar-refractivity contribution in [3.8, 4) is 11.5 Å². The summed E-state index contributed by atoms with van der Waals surface area (Å²) in [5, 5.41) is 12.5. The number of para-hydroxylation sites is 1. The first kappa shape index (κ1) is 20.4. The van der Waals surface area contributed by atoms with Crippen LogP contribution < -0.4 is 10.1 Å². The zero-order valence-corrected chi connectivity index (χ0v) is 15.2. The molecule has 0 bridgehead atoms. The van der Waals surface area contributed by atoms with Crippen molar-refractivity contribution in [2.24, 2.45) is 0 Å². The number of halogens is 3. The van der Waals surface area contributed by atoms with Gasteiger partial charge in [0.2, 0.25) is 0 Å². The fourth-order valence-electron chi connectivity index (χ4n) is 2.72. The second-order valence-electron chi connectivity index (χ2n) is 6.32. The first-order chi connectivity index (χ1) is 13.8. The Hall–Kier alpha value is -3.32. The molecule has 2 N–H and O–H groups in total. The molecule has 0 unspecified atom stereocenters. The van der Waals surface area contributed by atoms with Gasteiger partial charge in [0.15, 0.2) is 0 Å². The quantitative estimate of drug-likeness (QED) is 0.637. The van der Waals surface area contributed by atoms with Crippen LogP contribution in [-0.2, 0) is 16.9 Å². The van der Waals surface area contributed by atoms with E-state index in [0.29, 0.717) is 11.3 Å². The van der Waals surface area contributed by atoms with E-state index >= 15 is 0 Å². The fourth-order valence-corrected chi connectivity index (χ4v) is 2.72. The Morgan fingerprint density at radius 2 is 1.34 bits per heavy atom. The van der Waals surface area contributed by atoms with E-state index < -0.39 is 23.2 Å². The molecule has 0 saturated heterocycles. The second-order valence-corrected chi connectivity index (χ2v) is 6.32. The van der Waals surface area contributed by atoms with Gasteiger partial charge in [-0.15, -0.1) is 0 Å². The van der Waals surface area contributed by atoms with E-state index in [1.807, 2.05) is 0 Å². The third kappa shape index (κ3) is 4.57. The highest BCUT2D eigenvalue weighted by Crippen LogP contribution is 2.40. The van der Waals surface area contributed by atoms with E-state index in [0.717, 1.165) is 12.1 Å². The van der Waals surface area contributed by atoms with E-state index in [1.165, 1.54) is 12.1 Å². The molecule has 3 aromatic carbocycles. The molecule has 1 atom stereocenters. The number of benzene rings is 3. The largest absolute Gasteiger partial charge is 0.457 e. The van der Waals surface area contributed by atoms with Crippen LogP contribution in [0.25, 0.3) is 0 Å². The number of aliphatic hydroxyl groups is 1. The summed E-state index contributed by atoms with van der Waals surface area (Å²) < 4.78 is 46.5. The van der Waals surface area contributed by atoms with Gasteiger partial charge in [-0.25, -0.2) is 0 Å². The molecular weight excluding hydrogens is 383 g/mol. The predicted molar refractivity (Wildman–Crippen MR) is 101 cm³/mol. The maximum atomic E-state index is 13.7. The van der Waals surface area contributed by atoms with E-state index in [2.05, 4.69) is 5.32 Å². The molecule has 7 heteroatoms. The van der Waals surface area contributed by atoms with E-state index in [1.54, 1.807) is 60.7 Å². The third-order valence-electron chi connectivity index (χ3n) is 4.29. The highest BCUT2D eigenvalue weighted by Gasteiger charge is 2.60. The van der Waals surface area contributed by atoms with Crippen molar-refractivity contribution in [2.75, 3.05) is 0 Å². The molecule has 0 aromatic heterocycles. The van der Waals surface area contributed by atoms with E-state index in [4.69, 9.17) is 4.74 Å². The fraction of sp³-hybridized carbons (Fsp3) is 0.136. The number of carbonyl (C=O) groups is 1. The van der Waals surface area contributed by atoms with Gasteiger partial charge in [-0.1, -0.05) is 60.7 Å². The van der Waals surface area contributed by atoms with Crippen LogP contribution in [0.4, 0.5) is 13.2 Å². The Morgan fingerprint density at radius 3 is 1.90 bits per heavy atom. The van der Waals surface area contributed by atoms with Gasteiger partial charge in [0.1, 0.15) is 11.5 Å². The van der Waals surface area contributed by atoms with Crippen molar-refractivity contribution in [1.82, 2.24) is 5.32 Å². The monoisotopic (exact) mass is 401 g/mol. The lowest BCUT2D eigenvalue weighted by atomic mass is 9.91. The van der Waals surface area contributed by atoms with Gasteiger partial charge in [-0.2, -0.15) is 13.2 Å². The van der Waals surface area contributed by atoms with Crippen LogP contribution in [0.2, 0.25) is 0 Å². The molecule has 0 radical (unpaired) electrons. The Morgan fingerprint density at radius 1 is 0.828 bits per heavy atom. The summed E-state index contributed by atoms with van der Waals surface area (Å²) in [4.78, 5) is 12.3. The molecule has 3 rings (SSSR count). The smallest absolute Gasteiger partial charge is 0.430 e. The summed E-state index contributed by atoms with van der Waals surface area (Å²) in [6.07, 6.45) is -5.21. The molecule has 0 fully saturated rings. The van der Waals surface area contributed by atoms with Crippen molar-refractivity contribution in [3.63, 3.8) is 0 Å². The zero-order valence-electron chi connectivity index (χ0n) is 15.2. The molecule has 3 aromatic rings. The summed E-state index contributed by atoms with van der Waals surface area (Å²) in [5.74, 6) is -0.772. The number of rotatable bonds is 6. The summed E-state index contributed by atoms with van der Waals surface area (Å²) in [6.45, 7) is -0.146. The summed E-state index contributed by atoms with van der Waals surface area (Å²) >= 11 is 0. The molecule has 0 aliphatic heterocycles. The number of carbonyl (C=O) groups excluding carboxylic acids is 1. The Bertz CT molecular complexity index is 945. The average molecular weight is 401 g/mol. The number of nitrogens with one attached hydrogen (secondary N) is 1. The lowest BCUT2D eigenvalue weighted by Gasteiger charge is -2.29. The van der Waals surface area contributed by atoms with Gasteiger partial charge in [-0.05, 0) is 29.8 Å². The first-order valence-corrected chi connectivity index (χ1v) is 8.75. The Kier molecular flexibility index (Phi) is 5.89. The molecular formula is C22H18F3NO3. The van der Waals surface area contributed by atoms with Crippen LogP contribution in [0.3, 0.4) is 0 Å². The molecule has 0 saturated carbocycles. The molecule has 4 nitrogen and oxygen atoms in total. The highest BCUT2D eigenvalue weighted by atomic mass is 19.4. The van der Waals surface area contributed by atoms with Crippen molar-refractivity contribution in [3.05, 3.63) is 96.1 Å². The number of ether oxygens (including phenoxy) is 1. The van der Waals surface area contributed by atoms with Crippen molar-refractivity contribution in [2.45, 2.75) is 18.3 Å². The van der Waals surface area contributed by atoms with Gasteiger partial charge < -0.3 is 15.2 Å². The zero-order chi connectivity index (χ0) is 20.9. The summed E-state index contributed by atoms with van der Waals surface area (Å²) in [6, 6.07) is 21.7. The van der Waals surface area contributed by atoms with Gasteiger partial charge in [-0.3, -0.25) is 4.79 Å². The number of hydrogen-bond acceptors (Lipinski definition) is 3. The molecule has 0 aliphatic rings. The van der Waals surface area contributed by atoms with Crippen LogP contribution >= 0.6 is 0 Å². The Balaban J connectivity index is 1.81. The van der Waals surface area contributed by atoms with Gasteiger partial charge >= 0.3 is 6.18 Å². The normalized spacial score (nSPS) is 13.4. The molecule has 150 valence electrons. The first-order valence-electron chi connectivity index (χ1n) is 8.75. The third-order valence-corrected chi connectivity index (χ3v) is 4.29. The van der Waals surface area contributed by atoms with Crippen LogP contribution in [-0.4, -0.2) is 17.2 Å². The SMILES string of the molecule is O=C(NCc1ccccc1)[C@@](O)(c1ccc(Oc2ccccc2)cc1)C(F)(F)F. The number of amides is 1. The van der Waals surface area contributed by atoms with Crippen LogP contribution in [0.5, 0.6) is 11.5 Å². The predicted octanol–water partition coefficient (Wildman–Crippen LogP) is 4.55. The van der Waals surface area contributed by atoms with Crippen molar-refractivity contribution >= 4 is 5.91 Å². The highest BCUT2D eigenvalue weighted by molar-refractivity contribution is 5.87. The maximum absolute atomic E-state index is 13.7. The summed E-state index contributed by atoms with van der Waals surface area (Å²) in [5.41, 5.74) is -3.68. The number of alkyl halides is 3. The van der Waals surface area contributed by atoms with Crippen molar-refractivity contribution < 1.29 is 27.8 Å². The molecule has 1 amide bonds.